The molecule has 0 aliphatic rings. The molecule has 0 N–H and O–H groups in total. The zero-order valence-corrected chi connectivity index (χ0v) is 8.74. The predicted molar refractivity (Wildman–Crippen MR) is 56.1 cm³/mol. The summed E-state index contributed by atoms with van der Waals surface area (Å²) < 4.78 is 2.03. The minimum Gasteiger partial charge on any atom is -0.252 e. The molecule has 0 saturated carbocycles. The van der Waals surface area contributed by atoms with Gasteiger partial charge in [-0.25, -0.2) is 0 Å². The lowest BCUT2D eigenvalue weighted by atomic mass is 10.3. The molecule has 10 heavy (non-hydrogen) atoms. The van der Waals surface area contributed by atoms with Gasteiger partial charge in [0.15, 0.2) is 0 Å². The average Bonchev–Trinajstić information content (AvgIpc) is 1.91. The van der Waals surface area contributed by atoms with Crippen molar-refractivity contribution in [3.05, 3.63) is 6.92 Å². The molecule has 59 valence electrons. The van der Waals surface area contributed by atoms with Gasteiger partial charge in [0.25, 0.3) is 0 Å². The van der Waals surface area contributed by atoms with Crippen LogP contribution in [-0.4, -0.2) is 21.2 Å². The fourth-order valence-electron chi connectivity index (χ4n) is 0.521. The molecule has 0 amide bonds. The Kier molecular flexibility index (Phi) is 6.68. The SMILES string of the molecule is [CH2]CCC(=S)N(SC)SC. The second-order valence-electron chi connectivity index (χ2n) is 1.62. The number of rotatable bonds is 4. The maximum absolute atomic E-state index is 5.12. The van der Waals surface area contributed by atoms with Gasteiger partial charge in [0.05, 0.1) is 4.99 Å². The molecule has 0 rings (SSSR count). The molecule has 0 aromatic rings. The third kappa shape index (κ3) is 3.68. The first kappa shape index (κ1) is 10.6. The monoisotopic (exact) mass is 194 g/mol. The summed E-state index contributed by atoms with van der Waals surface area (Å²) in [7, 11) is 0. The Labute approximate surface area is 77.2 Å². The molecule has 0 spiro atoms. The summed E-state index contributed by atoms with van der Waals surface area (Å²) in [5, 5.41) is 0. The van der Waals surface area contributed by atoms with E-state index in [4.69, 9.17) is 12.2 Å². The minimum atomic E-state index is 0.885. The van der Waals surface area contributed by atoms with Gasteiger partial charge in [0, 0.05) is 12.5 Å². The van der Waals surface area contributed by atoms with Crippen molar-refractivity contribution >= 4 is 41.1 Å². The first-order chi connectivity index (χ1) is 4.76. The van der Waals surface area contributed by atoms with Crippen LogP contribution in [0.1, 0.15) is 12.8 Å². The summed E-state index contributed by atoms with van der Waals surface area (Å²) in [5.74, 6) is 0. The number of hydrogen-bond acceptors (Lipinski definition) is 3. The van der Waals surface area contributed by atoms with E-state index in [1.807, 2.05) is 16.2 Å². The van der Waals surface area contributed by atoms with E-state index in [2.05, 4.69) is 6.92 Å². The molecule has 0 aromatic heterocycles. The Bertz CT molecular complexity index is 101. The van der Waals surface area contributed by atoms with Crippen LogP contribution in [0.15, 0.2) is 0 Å². The normalized spacial score (nSPS) is 9.50. The highest BCUT2D eigenvalue weighted by molar-refractivity contribution is 8.13. The van der Waals surface area contributed by atoms with Crippen LogP contribution >= 0.6 is 36.1 Å². The Morgan fingerprint density at radius 2 is 2.00 bits per heavy atom. The quantitative estimate of drug-likeness (QED) is 0.500. The molecule has 1 radical (unpaired) electrons. The van der Waals surface area contributed by atoms with E-state index in [9.17, 15) is 0 Å². The maximum atomic E-state index is 5.12. The molecule has 0 saturated heterocycles. The summed E-state index contributed by atoms with van der Waals surface area (Å²) in [6.45, 7) is 3.74. The van der Waals surface area contributed by atoms with E-state index < -0.39 is 0 Å². The molecule has 0 atom stereocenters. The number of thiocarbonyl (C=S) groups is 1. The van der Waals surface area contributed by atoms with Crippen molar-refractivity contribution in [2.45, 2.75) is 12.8 Å². The van der Waals surface area contributed by atoms with Gasteiger partial charge >= 0.3 is 0 Å². The lowest BCUT2D eigenvalue weighted by Gasteiger charge is -2.17. The molecule has 0 aromatic carbocycles. The second-order valence-corrected chi connectivity index (χ2v) is 3.78. The molecule has 4 heteroatoms. The minimum absolute atomic E-state index is 0.885. The van der Waals surface area contributed by atoms with Crippen LogP contribution in [0.5, 0.6) is 0 Å². The molecular formula is C6H12NS3. The largest absolute Gasteiger partial charge is 0.252 e. The van der Waals surface area contributed by atoms with Crippen LogP contribution in [0.3, 0.4) is 0 Å². The third-order valence-corrected chi connectivity index (χ3v) is 3.54. The molecular weight excluding hydrogens is 182 g/mol. The number of hydrogen-bond donors (Lipinski definition) is 0. The Balaban J connectivity index is 3.65. The summed E-state index contributed by atoms with van der Waals surface area (Å²) in [4.78, 5) is 0.981. The third-order valence-electron chi connectivity index (χ3n) is 0.926. The highest BCUT2D eigenvalue weighted by Gasteiger charge is 2.04. The van der Waals surface area contributed by atoms with E-state index >= 15 is 0 Å². The Morgan fingerprint density at radius 1 is 1.50 bits per heavy atom. The van der Waals surface area contributed by atoms with Gasteiger partial charge in [-0.05, 0) is 36.7 Å². The van der Waals surface area contributed by atoms with Gasteiger partial charge in [0.2, 0.25) is 0 Å². The first-order valence-electron chi connectivity index (χ1n) is 2.96. The smallest absolute Gasteiger partial charge is 0.0993 e. The van der Waals surface area contributed by atoms with Crippen LogP contribution < -0.4 is 0 Å². The van der Waals surface area contributed by atoms with Crippen LogP contribution in [0.25, 0.3) is 0 Å². The van der Waals surface area contributed by atoms with E-state index in [1.165, 1.54) is 0 Å². The van der Waals surface area contributed by atoms with Crippen molar-refractivity contribution in [2.24, 2.45) is 0 Å². The van der Waals surface area contributed by atoms with Crippen molar-refractivity contribution in [2.75, 3.05) is 12.5 Å². The van der Waals surface area contributed by atoms with E-state index in [-0.39, 0.29) is 0 Å². The van der Waals surface area contributed by atoms with Gasteiger partial charge < -0.3 is 0 Å². The lowest BCUT2D eigenvalue weighted by Crippen LogP contribution is -2.13. The fraction of sp³-hybridized carbons (Fsp3) is 0.667. The topological polar surface area (TPSA) is 3.24 Å². The Morgan fingerprint density at radius 3 is 2.30 bits per heavy atom. The number of nitrogens with zero attached hydrogens (tertiary/aromatic N) is 1. The fourth-order valence-corrected chi connectivity index (χ4v) is 2.30. The first-order valence-corrected chi connectivity index (χ1v) is 5.73. The van der Waals surface area contributed by atoms with Crippen molar-refractivity contribution in [3.8, 4) is 0 Å². The van der Waals surface area contributed by atoms with E-state index in [0.717, 1.165) is 17.8 Å². The van der Waals surface area contributed by atoms with E-state index in [1.54, 1.807) is 23.9 Å². The summed E-state index contributed by atoms with van der Waals surface area (Å²) in [6, 6.07) is 0. The molecule has 0 fully saturated rings. The highest BCUT2D eigenvalue weighted by Crippen LogP contribution is 2.19. The van der Waals surface area contributed by atoms with Gasteiger partial charge in [-0.2, -0.15) is 0 Å². The van der Waals surface area contributed by atoms with Gasteiger partial charge in [-0.1, -0.05) is 19.1 Å². The van der Waals surface area contributed by atoms with Gasteiger partial charge in [0.1, 0.15) is 0 Å². The lowest BCUT2D eigenvalue weighted by molar-refractivity contribution is 1.01. The van der Waals surface area contributed by atoms with Crippen LogP contribution in [0.4, 0.5) is 0 Å². The summed E-state index contributed by atoms with van der Waals surface area (Å²) in [5.41, 5.74) is 0. The molecule has 0 bridgehead atoms. The van der Waals surface area contributed by atoms with Gasteiger partial charge in [-0.15, -0.1) is 0 Å². The van der Waals surface area contributed by atoms with Crippen molar-refractivity contribution < 1.29 is 0 Å². The summed E-state index contributed by atoms with van der Waals surface area (Å²) in [6.07, 6.45) is 5.84. The van der Waals surface area contributed by atoms with Crippen LogP contribution in [0.2, 0.25) is 0 Å². The Hall–Kier alpha value is 0.590. The highest BCUT2D eigenvalue weighted by atomic mass is 32.2. The van der Waals surface area contributed by atoms with Crippen LogP contribution in [0, 0.1) is 6.92 Å². The average molecular weight is 194 g/mol. The zero-order chi connectivity index (χ0) is 7.98. The molecule has 0 unspecified atom stereocenters. The molecule has 1 nitrogen and oxygen atoms in total. The predicted octanol–water partition coefficient (Wildman–Crippen LogP) is 2.79. The van der Waals surface area contributed by atoms with Gasteiger partial charge in [-0.3, -0.25) is 3.71 Å². The van der Waals surface area contributed by atoms with Crippen LogP contribution in [-0.2, 0) is 0 Å². The maximum Gasteiger partial charge on any atom is 0.0993 e. The molecule has 0 heterocycles. The zero-order valence-electron chi connectivity index (χ0n) is 6.29. The van der Waals surface area contributed by atoms with Crippen molar-refractivity contribution in [1.82, 2.24) is 3.71 Å². The van der Waals surface area contributed by atoms with Crippen molar-refractivity contribution in [3.63, 3.8) is 0 Å². The molecule has 0 aliphatic heterocycles. The van der Waals surface area contributed by atoms with Crippen molar-refractivity contribution in [1.29, 1.82) is 0 Å². The standard InChI is InChI=1S/C6H12NS3/c1-4-5-6(8)7(9-2)10-3/h1,4-5H2,2-3H3. The van der Waals surface area contributed by atoms with E-state index in [0.29, 0.717) is 0 Å². The summed E-state index contributed by atoms with van der Waals surface area (Å²) >= 11 is 8.41. The second kappa shape index (κ2) is 6.31. The molecule has 0 aliphatic carbocycles.